The van der Waals surface area contributed by atoms with Crippen LogP contribution in [0.25, 0.3) is 0 Å². The summed E-state index contributed by atoms with van der Waals surface area (Å²) in [6, 6.07) is 1.79. The number of nitrogens with one attached hydrogen (secondary N) is 1. The zero-order valence-corrected chi connectivity index (χ0v) is 12.6. The number of urea groups is 1. The molecule has 3 rings (SSSR count). The van der Waals surface area contributed by atoms with Gasteiger partial charge in [-0.1, -0.05) is 6.42 Å². The smallest absolute Gasteiger partial charge is 0.322 e. The van der Waals surface area contributed by atoms with E-state index in [-0.39, 0.29) is 23.5 Å². The van der Waals surface area contributed by atoms with Crippen LogP contribution in [0.5, 0.6) is 5.75 Å². The molecule has 0 aromatic heterocycles. The molecule has 120 valence electrons. The second-order valence-electron chi connectivity index (χ2n) is 5.99. The number of ether oxygens (including phenoxy) is 1. The fourth-order valence-electron chi connectivity index (χ4n) is 3.67. The van der Waals surface area contributed by atoms with Crippen LogP contribution in [0.4, 0.5) is 19.3 Å². The Kier molecular flexibility index (Phi) is 4.18. The number of carbonyl (C=O) groups is 1. The molecular formula is C16H20F2N2O2. The molecule has 2 aliphatic rings. The molecule has 1 aliphatic carbocycles. The zero-order valence-electron chi connectivity index (χ0n) is 12.6. The fraction of sp³-hybridized carbons (Fsp3) is 0.562. The maximum atomic E-state index is 13.9. The molecule has 2 fully saturated rings. The van der Waals surface area contributed by atoms with Gasteiger partial charge in [0.15, 0.2) is 17.4 Å². The Morgan fingerprint density at radius 3 is 2.77 bits per heavy atom. The molecular weight excluding hydrogens is 290 g/mol. The monoisotopic (exact) mass is 310 g/mol. The number of rotatable bonds is 2. The van der Waals surface area contributed by atoms with Crippen molar-refractivity contribution in [1.82, 2.24) is 4.90 Å². The minimum absolute atomic E-state index is 0.150. The molecule has 1 heterocycles. The molecule has 1 saturated carbocycles. The lowest BCUT2D eigenvalue weighted by molar-refractivity contribution is 0.138. The van der Waals surface area contributed by atoms with Crippen molar-refractivity contribution in [3.63, 3.8) is 0 Å². The summed E-state index contributed by atoms with van der Waals surface area (Å²) < 4.78 is 32.3. The summed E-state index contributed by atoms with van der Waals surface area (Å²) in [7, 11) is 1.27. The van der Waals surface area contributed by atoms with Crippen molar-refractivity contribution in [2.45, 2.75) is 38.1 Å². The maximum Gasteiger partial charge on any atom is 0.322 e. The molecule has 1 aromatic carbocycles. The number of halogens is 2. The molecule has 0 spiro atoms. The van der Waals surface area contributed by atoms with Crippen LogP contribution in [0.1, 0.15) is 32.1 Å². The van der Waals surface area contributed by atoms with Gasteiger partial charge in [-0.3, -0.25) is 0 Å². The number of amides is 2. The number of nitrogens with zero attached hydrogens (tertiary/aromatic N) is 1. The van der Waals surface area contributed by atoms with Crippen molar-refractivity contribution >= 4 is 11.7 Å². The van der Waals surface area contributed by atoms with Crippen LogP contribution < -0.4 is 10.1 Å². The average Bonchev–Trinajstić information content (AvgIpc) is 2.98. The Balaban J connectivity index is 1.75. The third kappa shape index (κ3) is 2.74. The van der Waals surface area contributed by atoms with E-state index in [9.17, 15) is 13.6 Å². The highest BCUT2D eigenvalue weighted by molar-refractivity contribution is 5.90. The normalized spacial score (nSPS) is 24.0. The van der Waals surface area contributed by atoms with E-state index in [0.717, 1.165) is 44.2 Å². The van der Waals surface area contributed by atoms with Gasteiger partial charge in [0.1, 0.15) is 0 Å². The number of methoxy groups -OCH3 is 1. The zero-order chi connectivity index (χ0) is 15.7. The number of fused-ring (bicyclic) bond motifs is 1. The number of carbonyl (C=O) groups excluding carboxylic acids is 1. The van der Waals surface area contributed by atoms with Crippen LogP contribution in [0.15, 0.2) is 12.1 Å². The van der Waals surface area contributed by atoms with Crippen molar-refractivity contribution in [3.05, 3.63) is 23.8 Å². The number of hydrogen-bond donors (Lipinski definition) is 1. The van der Waals surface area contributed by atoms with Crippen LogP contribution in [-0.2, 0) is 0 Å². The van der Waals surface area contributed by atoms with Crippen LogP contribution >= 0.6 is 0 Å². The quantitative estimate of drug-likeness (QED) is 0.903. The van der Waals surface area contributed by atoms with E-state index >= 15 is 0 Å². The number of benzene rings is 1. The van der Waals surface area contributed by atoms with Crippen molar-refractivity contribution in [2.24, 2.45) is 5.92 Å². The molecule has 1 saturated heterocycles. The second kappa shape index (κ2) is 6.10. The summed E-state index contributed by atoms with van der Waals surface area (Å²) in [5.41, 5.74) is -0.150. The first kappa shape index (κ1) is 15.1. The van der Waals surface area contributed by atoms with Crippen molar-refractivity contribution in [2.75, 3.05) is 19.0 Å². The van der Waals surface area contributed by atoms with Crippen molar-refractivity contribution < 1.29 is 18.3 Å². The van der Waals surface area contributed by atoms with E-state index in [1.165, 1.54) is 7.11 Å². The number of hydrogen-bond acceptors (Lipinski definition) is 2. The van der Waals surface area contributed by atoms with Gasteiger partial charge in [0.05, 0.1) is 12.8 Å². The predicted octanol–water partition coefficient (Wildman–Crippen LogP) is 3.77. The van der Waals surface area contributed by atoms with Gasteiger partial charge in [-0.05, 0) is 31.6 Å². The van der Waals surface area contributed by atoms with Gasteiger partial charge in [-0.15, -0.1) is 0 Å². The lowest BCUT2D eigenvalue weighted by Gasteiger charge is -2.37. The molecule has 2 unspecified atom stereocenters. The van der Waals surface area contributed by atoms with E-state index < -0.39 is 11.6 Å². The van der Waals surface area contributed by atoms with Gasteiger partial charge < -0.3 is 15.0 Å². The van der Waals surface area contributed by atoms with E-state index in [4.69, 9.17) is 4.74 Å². The Labute approximate surface area is 128 Å². The third-order valence-corrected chi connectivity index (χ3v) is 4.74. The van der Waals surface area contributed by atoms with Crippen LogP contribution in [0.3, 0.4) is 0 Å². The fourth-order valence-corrected chi connectivity index (χ4v) is 3.67. The van der Waals surface area contributed by atoms with Crippen molar-refractivity contribution in [3.8, 4) is 5.75 Å². The molecule has 1 aromatic rings. The van der Waals surface area contributed by atoms with Gasteiger partial charge in [-0.2, -0.15) is 0 Å². The van der Waals surface area contributed by atoms with Gasteiger partial charge in [0.2, 0.25) is 0 Å². The van der Waals surface area contributed by atoms with E-state index in [2.05, 4.69) is 5.32 Å². The molecule has 2 amide bonds. The van der Waals surface area contributed by atoms with Gasteiger partial charge in [-0.25, -0.2) is 13.6 Å². The summed E-state index contributed by atoms with van der Waals surface area (Å²) in [6.07, 6.45) is 5.40. The summed E-state index contributed by atoms with van der Waals surface area (Å²) in [4.78, 5) is 14.2. The van der Waals surface area contributed by atoms with Crippen LogP contribution in [-0.4, -0.2) is 30.6 Å². The molecule has 1 aliphatic heterocycles. The summed E-state index contributed by atoms with van der Waals surface area (Å²) >= 11 is 0. The number of likely N-dealkylation sites (tertiary alicyclic amines) is 1. The molecule has 0 radical (unpaired) electrons. The standard InChI is InChI=1S/C16H20F2N2O2/c1-22-15-9-11(17)13(8-12(15)18)19-16(21)20-7-3-5-10-4-2-6-14(10)20/h8-10,14H,2-7H2,1H3,(H,19,21). The molecule has 22 heavy (non-hydrogen) atoms. The third-order valence-electron chi connectivity index (χ3n) is 4.74. The molecule has 6 heteroatoms. The van der Waals surface area contributed by atoms with Gasteiger partial charge in [0.25, 0.3) is 0 Å². The van der Waals surface area contributed by atoms with Crippen LogP contribution in [0, 0.1) is 17.6 Å². The van der Waals surface area contributed by atoms with E-state index in [0.29, 0.717) is 12.5 Å². The lowest BCUT2D eigenvalue weighted by Crippen LogP contribution is -2.48. The number of anilines is 1. The highest BCUT2D eigenvalue weighted by Gasteiger charge is 2.37. The molecule has 4 nitrogen and oxygen atoms in total. The van der Waals surface area contributed by atoms with Crippen LogP contribution in [0.2, 0.25) is 0 Å². The lowest BCUT2D eigenvalue weighted by atomic mass is 9.92. The maximum absolute atomic E-state index is 13.9. The highest BCUT2D eigenvalue weighted by Crippen LogP contribution is 2.37. The first-order chi connectivity index (χ1) is 10.6. The van der Waals surface area contributed by atoms with Crippen molar-refractivity contribution in [1.29, 1.82) is 0 Å². The topological polar surface area (TPSA) is 41.6 Å². The molecule has 1 N–H and O–H groups in total. The molecule has 2 atom stereocenters. The highest BCUT2D eigenvalue weighted by atomic mass is 19.1. The summed E-state index contributed by atoms with van der Waals surface area (Å²) in [5, 5.41) is 2.50. The van der Waals surface area contributed by atoms with Gasteiger partial charge in [0, 0.05) is 24.7 Å². The first-order valence-electron chi connectivity index (χ1n) is 7.71. The summed E-state index contributed by atoms with van der Waals surface area (Å²) in [5.74, 6) is -1.02. The minimum atomic E-state index is -0.702. The van der Waals surface area contributed by atoms with E-state index in [1.54, 1.807) is 4.90 Å². The Bertz CT molecular complexity index is 580. The Morgan fingerprint density at radius 2 is 2.00 bits per heavy atom. The second-order valence-corrected chi connectivity index (χ2v) is 5.99. The average molecular weight is 310 g/mol. The predicted molar refractivity (Wildman–Crippen MR) is 79.0 cm³/mol. The largest absolute Gasteiger partial charge is 0.494 e. The summed E-state index contributed by atoms with van der Waals surface area (Å²) in [6.45, 7) is 0.674. The first-order valence-corrected chi connectivity index (χ1v) is 7.71. The Hall–Kier alpha value is -1.85. The van der Waals surface area contributed by atoms with Gasteiger partial charge >= 0.3 is 6.03 Å². The number of piperidine rings is 1. The van der Waals surface area contributed by atoms with E-state index in [1.807, 2.05) is 0 Å². The minimum Gasteiger partial charge on any atom is -0.494 e. The molecule has 0 bridgehead atoms. The Morgan fingerprint density at radius 1 is 1.23 bits per heavy atom. The SMILES string of the molecule is COc1cc(F)c(NC(=O)N2CCCC3CCCC32)cc1F.